The lowest BCUT2D eigenvalue weighted by atomic mass is 10.1. The average Bonchev–Trinajstić information content (AvgIpc) is 2.81. The summed E-state index contributed by atoms with van der Waals surface area (Å²) < 4.78 is 0.573. The first kappa shape index (κ1) is 13.0. The number of nitro benzene ring substituents is 1. The minimum Gasteiger partial charge on any atom is -0.349 e. The number of amides is 1. The topological polar surface area (TPSA) is 72.2 Å². The highest BCUT2D eigenvalue weighted by Gasteiger charge is 2.20. The summed E-state index contributed by atoms with van der Waals surface area (Å²) in [7, 11) is 0. The first-order chi connectivity index (χ1) is 8.58. The fourth-order valence-electron chi connectivity index (χ4n) is 2.13. The fraction of sp³-hybridized carbons (Fsp3) is 0.417. The van der Waals surface area contributed by atoms with E-state index in [1.807, 2.05) is 0 Å². The molecule has 0 bridgehead atoms. The Labute approximate surface area is 113 Å². The van der Waals surface area contributed by atoms with E-state index in [1.165, 1.54) is 18.2 Å². The molecular weight excluding hydrogens is 300 g/mol. The molecule has 1 fully saturated rings. The molecule has 0 aliphatic heterocycles. The van der Waals surface area contributed by atoms with Gasteiger partial charge in [0.05, 0.1) is 10.5 Å². The quantitative estimate of drug-likeness (QED) is 0.688. The van der Waals surface area contributed by atoms with Crippen molar-refractivity contribution in [2.45, 2.75) is 31.7 Å². The van der Waals surface area contributed by atoms with Crippen molar-refractivity contribution >= 4 is 27.5 Å². The lowest BCUT2D eigenvalue weighted by molar-refractivity contribution is -0.384. The number of carbonyl (C=O) groups excluding carboxylic acids is 1. The first-order valence-electron chi connectivity index (χ1n) is 5.83. The summed E-state index contributed by atoms with van der Waals surface area (Å²) in [6, 6.07) is 4.40. The van der Waals surface area contributed by atoms with Crippen LogP contribution in [0.4, 0.5) is 5.69 Å². The molecule has 0 radical (unpaired) electrons. The van der Waals surface area contributed by atoms with Crippen LogP contribution in [0.1, 0.15) is 36.0 Å². The van der Waals surface area contributed by atoms with E-state index in [2.05, 4.69) is 21.2 Å². The summed E-state index contributed by atoms with van der Waals surface area (Å²) in [4.78, 5) is 22.2. The van der Waals surface area contributed by atoms with E-state index in [9.17, 15) is 14.9 Å². The van der Waals surface area contributed by atoms with E-state index in [-0.39, 0.29) is 17.6 Å². The maximum absolute atomic E-state index is 12.0. The van der Waals surface area contributed by atoms with E-state index in [4.69, 9.17) is 0 Å². The van der Waals surface area contributed by atoms with Crippen LogP contribution in [0.3, 0.4) is 0 Å². The summed E-state index contributed by atoms with van der Waals surface area (Å²) in [6.45, 7) is 0. The van der Waals surface area contributed by atoms with Gasteiger partial charge in [0, 0.05) is 22.6 Å². The Morgan fingerprint density at radius 1 is 1.39 bits per heavy atom. The normalized spacial score (nSPS) is 15.6. The molecule has 6 heteroatoms. The van der Waals surface area contributed by atoms with Crippen LogP contribution in [0.5, 0.6) is 0 Å². The van der Waals surface area contributed by atoms with E-state index in [0.717, 1.165) is 25.7 Å². The van der Waals surface area contributed by atoms with Gasteiger partial charge in [0.15, 0.2) is 0 Å². The van der Waals surface area contributed by atoms with Crippen LogP contribution in [-0.2, 0) is 0 Å². The molecule has 0 saturated heterocycles. The van der Waals surface area contributed by atoms with E-state index in [0.29, 0.717) is 10.0 Å². The number of nitrogens with one attached hydrogen (secondary N) is 1. The molecule has 1 aliphatic carbocycles. The zero-order valence-corrected chi connectivity index (χ0v) is 11.3. The smallest absolute Gasteiger partial charge is 0.270 e. The molecule has 2 rings (SSSR count). The molecule has 0 atom stereocenters. The van der Waals surface area contributed by atoms with Crippen LogP contribution in [0, 0.1) is 10.1 Å². The predicted octanol–water partition coefficient (Wildman–Crippen LogP) is 3.03. The molecule has 0 unspecified atom stereocenters. The molecule has 96 valence electrons. The molecule has 1 N–H and O–H groups in total. The molecule has 1 saturated carbocycles. The second-order valence-corrected chi connectivity index (χ2v) is 5.23. The number of rotatable bonds is 3. The Bertz CT molecular complexity index is 484. The minimum absolute atomic E-state index is 0.0743. The molecule has 18 heavy (non-hydrogen) atoms. The van der Waals surface area contributed by atoms with Crippen LogP contribution in [0.15, 0.2) is 22.7 Å². The summed E-state index contributed by atoms with van der Waals surface area (Å²) in [5, 5.41) is 13.6. The zero-order chi connectivity index (χ0) is 13.1. The molecule has 1 amide bonds. The second-order valence-electron chi connectivity index (χ2n) is 4.38. The van der Waals surface area contributed by atoms with Crippen molar-refractivity contribution in [2.24, 2.45) is 0 Å². The largest absolute Gasteiger partial charge is 0.349 e. The zero-order valence-electron chi connectivity index (χ0n) is 9.69. The summed E-state index contributed by atoms with van der Waals surface area (Å²) in [6.07, 6.45) is 4.22. The Kier molecular flexibility index (Phi) is 3.96. The molecule has 1 aliphatic rings. The lowest BCUT2D eigenvalue weighted by Gasteiger charge is -2.12. The number of hydrogen-bond donors (Lipinski definition) is 1. The highest BCUT2D eigenvalue weighted by atomic mass is 79.9. The number of nitro groups is 1. The molecule has 5 nitrogen and oxygen atoms in total. The van der Waals surface area contributed by atoms with Gasteiger partial charge in [-0.25, -0.2) is 0 Å². The molecular formula is C12H13BrN2O3. The SMILES string of the molecule is O=C(NC1CCCC1)c1cc([N+](=O)[O-])ccc1Br. The van der Waals surface area contributed by atoms with Crippen molar-refractivity contribution in [2.75, 3.05) is 0 Å². The van der Waals surface area contributed by atoms with Crippen molar-refractivity contribution in [1.29, 1.82) is 0 Å². The third kappa shape index (κ3) is 2.87. The van der Waals surface area contributed by atoms with Gasteiger partial charge in [0.25, 0.3) is 11.6 Å². The third-order valence-electron chi connectivity index (χ3n) is 3.10. The van der Waals surface area contributed by atoms with Gasteiger partial charge in [0.1, 0.15) is 0 Å². The average molecular weight is 313 g/mol. The number of non-ortho nitro benzene ring substituents is 1. The number of carbonyl (C=O) groups is 1. The molecule has 0 spiro atoms. The van der Waals surface area contributed by atoms with Crippen LogP contribution < -0.4 is 5.32 Å². The van der Waals surface area contributed by atoms with E-state index < -0.39 is 4.92 Å². The molecule has 0 aromatic heterocycles. The van der Waals surface area contributed by atoms with Crippen molar-refractivity contribution in [1.82, 2.24) is 5.32 Å². The van der Waals surface area contributed by atoms with E-state index in [1.54, 1.807) is 0 Å². The molecule has 1 aromatic rings. The van der Waals surface area contributed by atoms with Gasteiger partial charge in [-0.05, 0) is 34.8 Å². The van der Waals surface area contributed by atoms with Gasteiger partial charge in [-0.3, -0.25) is 14.9 Å². The number of halogens is 1. The number of hydrogen-bond acceptors (Lipinski definition) is 3. The Morgan fingerprint density at radius 2 is 2.06 bits per heavy atom. The monoisotopic (exact) mass is 312 g/mol. The van der Waals surface area contributed by atoms with Gasteiger partial charge >= 0.3 is 0 Å². The first-order valence-corrected chi connectivity index (χ1v) is 6.62. The van der Waals surface area contributed by atoms with Gasteiger partial charge < -0.3 is 5.32 Å². The highest BCUT2D eigenvalue weighted by molar-refractivity contribution is 9.10. The summed E-state index contributed by atoms with van der Waals surface area (Å²) in [5.41, 5.74) is 0.242. The van der Waals surface area contributed by atoms with Crippen LogP contribution >= 0.6 is 15.9 Å². The minimum atomic E-state index is -0.501. The van der Waals surface area contributed by atoms with Gasteiger partial charge in [-0.2, -0.15) is 0 Å². The fourth-order valence-corrected chi connectivity index (χ4v) is 2.56. The highest BCUT2D eigenvalue weighted by Crippen LogP contribution is 2.24. The predicted molar refractivity (Wildman–Crippen MR) is 70.5 cm³/mol. The van der Waals surface area contributed by atoms with E-state index >= 15 is 0 Å². The molecule has 0 heterocycles. The van der Waals surface area contributed by atoms with Crippen LogP contribution in [0.2, 0.25) is 0 Å². The number of benzene rings is 1. The number of nitrogens with zero attached hydrogens (tertiary/aromatic N) is 1. The Morgan fingerprint density at radius 3 is 2.67 bits per heavy atom. The maximum Gasteiger partial charge on any atom is 0.270 e. The van der Waals surface area contributed by atoms with Gasteiger partial charge in [-0.1, -0.05) is 12.8 Å². The van der Waals surface area contributed by atoms with Crippen LogP contribution in [0.25, 0.3) is 0 Å². The lowest BCUT2D eigenvalue weighted by Crippen LogP contribution is -2.32. The van der Waals surface area contributed by atoms with Crippen molar-refractivity contribution < 1.29 is 9.72 Å². The third-order valence-corrected chi connectivity index (χ3v) is 3.79. The second kappa shape index (κ2) is 5.48. The molecule has 1 aromatic carbocycles. The summed E-state index contributed by atoms with van der Waals surface area (Å²) >= 11 is 3.25. The van der Waals surface area contributed by atoms with Crippen molar-refractivity contribution in [3.05, 3.63) is 38.3 Å². The summed E-state index contributed by atoms with van der Waals surface area (Å²) in [5.74, 6) is -0.252. The maximum atomic E-state index is 12.0. The standard InChI is InChI=1S/C12H13BrN2O3/c13-11-6-5-9(15(17)18)7-10(11)12(16)14-8-3-1-2-4-8/h5-8H,1-4H2,(H,14,16). The Hall–Kier alpha value is -1.43. The van der Waals surface area contributed by atoms with Gasteiger partial charge in [-0.15, -0.1) is 0 Å². The Balaban J connectivity index is 2.17. The van der Waals surface area contributed by atoms with Crippen molar-refractivity contribution in [3.63, 3.8) is 0 Å². The van der Waals surface area contributed by atoms with Crippen molar-refractivity contribution in [3.8, 4) is 0 Å². The van der Waals surface area contributed by atoms with Gasteiger partial charge in [0.2, 0.25) is 0 Å². The van der Waals surface area contributed by atoms with Crippen LogP contribution in [-0.4, -0.2) is 16.9 Å².